The molecular formula is C17H22N2O4. The molecule has 0 heterocycles. The highest BCUT2D eigenvalue weighted by atomic mass is 16.4. The van der Waals surface area contributed by atoms with Crippen LogP contribution in [0.25, 0.3) is 6.08 Å². The third-order valence-electron chi connectivity index (χ3n) is 2.98. The average molecular weight is 318 g/mol. The Labute approximate surface area is 135 Å². The van der Waals surface area contributed by atoms with Gasteiger partial charge in [0.2, 0.25) is 5.91 Å². The minimum atomic E-state index is -1.10. The zero-order chi connectivity index (χ0) is 17.4. The van der Waals surface area contributed by atoms with Crippen molar-refractivity contribution >= 4 is 23.9 Å². The molecule has 6 nitrogen and oxygen atoms in total. The minimum Gasteiger partial charge on any atom is -0.480 e. The van der Waals surface area contributed by atoms with Gasteiger partial charge in [0, 0.05) is 6.92 Å². The number of benzene rings is 1. The van der Waals surface area contributed by atoms with Crippen LogP contribution >= 0.6 is 0 Å². The first kappa shape index (κ1) is 18.4. The fourth-order valence-corrected chi connectivity index (χ4v) is 1.99. The summed E-state index contributed by atoms with van der Waals surface area (Å²) in [7, 11) is 0. The molecule has 0 radical (unpaired) electrons. The van der Waals surface area contributed by atoms with Crippen molar-refractivity contribution < 1.29 is 19.5 Å². The molecule has 0 aliphatic carbocycles. The van der Waals surface area contributed by atoms with Crippen molar-refractivity contribution in [2.75, 3.05) is 0 Å². The lowest BCUT2D eigenvalue weighted by atomic mass is 10.0. The van der Waals surface area contributed by atoms with Crippen LogP contribution in [-0.2, 0) is 14.4 Å². The Bertz CT molecular complexity index is 594. The smallest absolute Gasteiger partial charge is 0.326 e. The first-order valence-electron chi connectivity index (χ1n) is 7.37. The maximum absolute atomic E-state index is 12.3. The van der Waals surface area contributed by atoms with Crippen LogP contribution in [0.15, 0.2) is 36.0 Å². The SMILES string of the molecule is CC(=O)N/C(=C\c1ccccc1)C(=O)N[C@H](CC(C)C)C(=O)O. The standard InChI is InChI=1S/C17H22N2O4/c1-11(2)9-15(17(22)23)19-16(21)14(18-12(3)20)10-13-7-5-4-6-8-13/h4-8,10-11,15H,9H2,1-3H3,(H,18,20)(H,19,21)(H,22,23)/b14-10-/t15-/m1/s1. The van der Waals surface area contributed by atoms with Gasteiger partial charge in [-0.3, -0.25) is 9.59 Å². The normalized spacial score (nSPS) is 12.6. The van der Waals surface area contributed by atoms with E-state index in [1.54, 1.807) is 24.3 Å². The van der Waals surface area contributed by atoms with E-state index in [9.17, 15) is 19.5 Å². The van der Waals surface area contributed by atoms with Gasteiger partial charge in [-0.25, -0.2) is 4.79 Å². The summed E-state index contributed by atoms with van der Waals surface area (Å²) in [5.41, 5.74) is 0.737. The van der Waals surface area contributed by atoms with Gasteiger partial charge >= 0.3 is 5.97 Å². The molecule has 0 saturated carbocycles. The summed E-state index contributed by atoms with van der Waals surface area (Å²) in [6, 6.07) is 7.98. The molecule has 124 valence electrons. The molecule has 0 unspecified atom stereocenters. The van der Waals surface area contributed by atoms with E-state index in [0.717, 1.165) is 5.56 Å². The summed E-state index contributed by atoms with van der Waals surface area (Å²) >= 11 is 0. The molecule has 1 aromatic carbocycles. The number of rotatable bonds is 7. The first-order chi connectivity index (χ1) is 10.8. The van der Waals surface area contributed by atoms with Crippen LogP contribution in [0.2, 0.25) is 0 Å². The van der Waals surface area contributed by atoms with Crippen LogP contribution < -0.4 is 10.6 Å². The number of hydrogen-bond donors (Lipinski definition) is 3. The number of hydrogen-bond acceptors (Lipinski definition) is 3. The summed E-state index contributed by atoms with van der Waals surface area (Å²) in [6.07, 6.45) is 1.81. The van der Waals surface area contributed by atoms with E-state index in [1.165, 1.54) is 13.0 Å². The lowest BCUT2D eigenvalue weighted by Crippen LogP contribution is -2.44. The summed E-state index contributed by atoms with van der Waals surface area (Å²) in [5.74, 6) is -2.03. The van der Waals surface area contributed by atoms with Crippen molar-refractivity contribution in [2.24, 2.45) is 5.92 Å². The van der Waals surface area contributed by atoms with Gasteiger partial charge in [-0.1, -0.05) is 44.2 Å². The second-order valence-corrected chi connectivity index (χ2v) is 5.64. The Kier molecular flexibility index (Phi) is 6.99. The van der Waals surface area contributed by atoms with Gasteiger partial charge in [0.25, 0.3) is 5.91 Å². The highest BCUT2D eigenvalue weighted by molar-refractivity contribution is 6.02. The number of carbonyl (C=O) groups excluding carboxylic acids is 2. The molecule has 1 aromatic rings. The number of aliphatic carboxylic acids is 1. The van der Waals surface area contributed by atoms with Gasteiger partial charge in [0.05, 0.1) is 0 Å². The molecule has 23 heavy (non-hydrogen) atoms. The predicted octanol–water partition coefficient (Wildman–Crippen LogP) is 1.78. The molecule has 1 rings (SSSR count). The van der Waals surface area contributed by atoms with E-state index in [0.29, 0.717) is 6.42 Å². The number of carboxylic acids is 1. The van der Waals surface area contributed by atoms with E-state index in [1.807, 2.05) is 19.9 Å². The van der Waals surface area contributed by atoms with Crippen molar-refractivity contribution in [1.82, 2.24) is 10.6 Å². The van der Waals surface area contributed by atoms with Crippen molar-refractivity contribution in [3.8, 4) is 0 Å². The highest BCUT2D eigenvalue weighted by Crippen LogP contribution is 2.08. The molecule has 1 atom stereocenters. The Balaban J connectivity index is 2.97. The molecule has 0 aromatic heterocycles. The highest BCUT2D eigenvalue weighted by Gasteiger charge is 2.23. The van der Waals surface area contributed by atoms with Gasteiger partial charge < -0.3 is 15.7 Å². The molecule has 0 aliphatic rings. The second-order valence-electron chi connectivity index (χ2n) is 5.64. The third-order valence-corrected chi connectivity index (χ3v) is 2.98. The molecule has 0 saturated heterocycles. The number of carboxylic acid groups (broad SMARTS) is 1. The van der Waals surface area contributed by atoms with Crippen LogP contribution in [0, 0.1) is 5.92 Å². The second kappa shape index (κ2) is 8.73. The first-order valence-corrected chi connectivity index (χ1v) is 7.37. The molecule has 0 aliphatic heterocycles. The Morgan fingerprint density at radius 2 is 1.78 bits per heavy atom. The van der Waals surface area contributed by atoms with Gasteiger partial charge in [0.15, 0.2) is 0 Å². The molecule has 3 N–H and O–H groups in total. The Morgan fingerprint density at radius 1 is 1.17 bits per heavy atom. The van der Waals surface area contributed by atoms with Crippen molar-refractivity contribution in [2.45, 2.75) is 33.2 Å². The number of nitrogens with one attached hydrogen (secondary N) is 2. The van der Waals surface area contributed by atoms with Crippen LogP contribution in [0.3, 0.4) is 0 Å². The monoisotopic (exact) mass is 318 g/mol. The van der Waals surface area contributed by atoms with Crippen molar-refractivity contribution in [1.29, 1.82) is 0 Å². The molecular weight excluding hydrogens is 296 g/mol. The molecule has 6 heteroatoms. The number of amides is 2. The lowest BCUT2D eigenvalue weighted by Gasteiger charge is -2.17. The fraction of sp³-hybridized carbons (Fsp3) is 0.353. The molecule has 2 amide bonds. The van der Waals surface area contributed by atoms with E-state index < -0.39 is 23.8 Å². The largest absolute Gasteiger partial charge is 0.480 e. The quantitative estimate of drug-likeness (QED) is 0.668. The van der Waals surface area contributed by atoms with Crippen molar-refractivity contribution in [3.63, 3.8) is 0 Å². The van der Waals surface area contributed by atoms with Crippen LogP contribution in [0.5, 0.6) is 0 Å². The average Bonchev–Trinajstić information content (AvgIpc) is 2.45. The fourth-order valence-electron chi connectivity index (χ4n) is 1.99. The van der Waals surface area contributed by atoms with Crippen LogP contribution in [-0.4, -0.2) is 28.9 Å². The third kappa shape index (κ3) is 6.78. The van der Waals surface area contributed by atoms with E-state index in [4.69, 9.17) is 0 Å². The van der Waals surface area contributed by atoms with Gasteiger partial charge in [0.1, 0.15) is 11.7 Å². The molecule has 0 bridgehead atoms. The Morgan fingerprint density at radius 3 is 2.26 bits per heavy atom. The molecule has 0 spiro atoms. The van der Waals surface area contributed by atoms with Gasteiger partial charge in [-0.05, 0) is 24.0 Å². The maximum Gasteiger partial charge on any atom is 0.326 e. The topological polar surface area (TPSA) is 95.5 Å². The summed E-state index contributed by atoms with van der Waals surface area (Å²) in [6.45, 7) is 5.03. The van der Waals surface area contributed by atoms with Crippen LogP contribution in [0.1, 0.15) is 32.8 Å². The van der Waals surface area contributed by atoms with E-state index in [-0.39, 0.29) is 11.6 Å². The minimum absolute atomic E-state index is 0.0127. The maximum atomic E-state index is 12.3. The summed E-state index contributed by atoms with van der Waals surface area (Å²) in [5, 5.41) is 14.1. The molecule has 0 fully saturated rings. The van der Waals surface area contributed by atoms with Gasteiger partial charge in [-0.2, -0.15) is 0 Å². The lowest BCUT2D eigenvalue weighted by molar-refractivity contribution is -0.141. The zero-order valence-corrected chi connectivity index (χ0v) is 13.5. The Hall–Kier alpha value is -2.63. The van der Waals surface area contributed by atoms with Crippen LogP contribution in [0.4, 0.5) is 0 Å². The van der Waals surface area contributed by atoms with E-state index >= 15 is 0 Å². The van der Waals surface area contributed by atoms with Crippen molar-refractivity contribution in [3.05, 3.63) is 41.6 Å². The number of carbonyl (C=O) groups is 3. The summed E-state index contributed by atoms with van der Waals surface area (Å²) in [4.78, 5) is 34.9. The predicted molar refractivity (Wildman–Crippen MR) is 87.3 cm³/mol. The zero-order valence-electron chi connectivity index (χ0n) is 13.5. The van der Waals surface area contributed by atoms with E-state index in [2.05, 4.69) is 10.6 Å². The summed E-state index contributed by atoms with van der Waals surface area (Å²) < 4.78 is 0. The van der Waals surface area contributed by atoms with Gasteiger partial charge in [-0.15, -0.1) is 0 Å².